The summed E-state index contributed by atoms with van der Waals surface area (Å²) in [7, 11) is 1.69. The van der Waals surface area contributed by atoms with Gasteiger partial charge in [0.05, 0.1) is 12.6 Å². The van der Waals surface area contributed by atoms with E-state index in [-0.39, 0.29) is 41.9 Å². The fraction of sp³-hybridized carbons (Fsp3) is 0.500. The largest absolute Gasteiger partial charge is 0.466 e. The molecule has 0 spiro atoms. The quantitative estimate of drug-likeness (QED) is 0.208. The standard InChI is InChI=1S/C18H26N4O3.HI/c1-3-25-17(24)10-7-11-20-18(19-2)21-14-12-16(23)22(13-14)15-8-5-4-6-9-15;/h4-6,8-9,14H,3,7,10-13H2,1-2H3,(H2,19,20,21);1H. The number of aliphatic imine (C=N–C) groups is 1. The van der Waals surface area contributed by atoms with Gasteiger partial charge >= 0.3 is 5.97 Å². The Hall–Kier alpha value is -1.84. The zero-order valence-corrected chi connectivity index (χ0v) is 17.6. The van der Waals surface area contributed by atoms with Crippen LogP contribution in [0.25, 0.3) is 0 Å². The van der Waals surface area contributed by atoms with Crippen LogP contribution in [-0.4, -0.2) is 50.6 Å². The first kappa shape index (κ1) is 22.2. The molecule has 1 aromatic carbocycles. The summed E-state index contributed by atoms with van der Waals surface area (Å²) in [4.78, 5) is 29.5. The summed E-state index contributed by atoms with van der Waals surface area (Å²) in [6, 6.07) is 9.65. The average molecular weight is 474 g/mol. The number of halogens is 1. The number of guanidine groups is 1. The molecule has 1 aliphatic heterocycles. The highest BCUT2D eigenvalue weighted by Gasteiger charge is 2.30. The van der Waals surface area contributed by atoms with Crippen molar-refractivity contribution >= 4 is 47.5 Å². The molecule has 1 amide bonds. The molecule has 2 N–H and O–H groups in total. The number of anilines is 1. The fourth-order valence-electron chi connectivity index (χ4n) is 2.72. The number of nitrogens with one attached hydrogen (secondary N) is 2. The third kappa shape index (κ3) is 6.81. The van der Waals surface area contributed by atoms with Crippen LogP contribution in [0.2, 0.25) is 0 Å². The van der Waals surface area contributed by atoms with E-state index >= 15 is 0 Å². The van der Waals surface area contributed by atoms with Gasteiger partial charge in [-0.3, -0.25) is 14.6 Å². The van der Waals surface area contributed by atoms with Gasteiger partial charge < -0.3 is 20.3 Å². The van der Waals surface area contributed by atoms with Crippen LogP contribution in [-0.2, 0) is 14.3 Å². The molecule has 1 aliphatic rings. The van der Waals surface area contributed by atoms with Gasteiger partial charge in [0.1, 0.15) is 0 Å². The van der Waals surface area contributed by atoms with Crippen molar-refractivity contribution in [3.63, 3.8) is 0 Å². The highest BCUT2D eigenvalue weighted by molar-refractivity contribution is 14.0. The summed E-state index contributed by atoms with van der Waals surface area (Å²) in [5.41, 5.74) is 0.911. The number of ether oxygens (including phenoxy) is 1. The molecule has 0 aromatic heterocycles. The summed E-state index contributed by atoms with van der Waals surface area (Å²) in [6.07, 6.45) is 1.47. The molecule has 1 atom stereocenters. The zero-order valence-electron chi connectivity index (χ0n) is 15.2. The van der Waals surface area contributed by atoms with Gasteiger partial charge in [0, 0.05) is 38.7 Å². The predicted molar refractivity (Wildman–Crippen MR) is 113 cm³/mol. The Morgan fingerprint density at radius 1 is 1.35 bits per heavy atom. The van der Waals surface area contributed by atoms with Crippen LogP contribution in [0, 0.1) is 0 Å². The maximum absolute atomic E-state index is 12.2. The Kier molecular flexibility index (Phi) is 10.0. The van der Waals surface area contributed by atoms with Crippen LogP contribution in [0.15, 0.2) is 35.3 Å². The summed E-state index contributed by atoms with van der Waals surface area (Å²) in [5, 5.41) is 6.43. The Morgan fingerprint density at radius 2 is 2.08 bits per heavy atom. The molecule has 1 heterocycles. The van der Waals surface area contributed by atoms with Crippen LogP contribution in [0.5, 0.6) is 0 Å². The number of amides is 1. The topological polar surface area (TPSA) is 83.0 Å². The number of para-hydroxylation sites is 1. The van der Waals surface area contributed by atoms with Crippen molar-refractivity contribution in [2.45, 2.75) is 32.2 Å². The summed E-state index contributed by atoms with van der Waals surface area (Å²) in [6.45, 7) is 3.42. The highest BCUT2D eigenvalue weighted by Crippen LogP contribution is 2.20. The SMILES string of the molecule is CCOC(=O)CCCNC(=NC)NC1CC(=O)N(c2ccccc2)C1.I. The highest BCUT2D eigenvalue weighted by atomic mass is 127. The molecule has 0 bridgehead atoms. The molecule has 2 rings (SSSR count). The molecule has 0 saturated carbocycles. The number of benzene rings is 1. The van der Waals surface area contributed by atoms with Gasteiger partial charge in [-0.05, 0) is 25.5 Å². The van der Waals surface area contributed by atoms with E-state index in [1.165, 1.54) is 0 Å². The van der Waals surface area contributed by atoms with Gasteiger partial charge in [-0.2, -0.15) is 0 Å². The molecule has 1 aromatic rings. The fourth-order valence-corrected chi connectivity index (χ4v) is 2.72. The first-order chi connectivity index (χ1) is 12.1. The lowest BCUT2D eigenvalue weighted by atomic mass is 10.2. The Labute approximate surface area is 171 Å². The molecular weight excluding hydrogens is 447 g/mol. The molecule has 26 heavy (non-hydrogen) atoms. The van der Waals surface area contributed by atoms with Crippen LogP contribution in [0.1, 0.15) is 26.2 Å². The minimum atomic E-state index is -0.188. The molecule has 0 aliphatic carbocycles. The molecule has 144 valence electrons. The number of carbonyl (C=O) groups excluding carboxylic acids is 2. The van der Waals surface area contributed by atoms with Gasteiger partial charge in [0.2, 0.25) is 5.91 Å². The lowest BCUT2D eigenvalue weighted by molar-refractivity contribution is -0.143. The lowest BCUT2D eigenvalue weighted by Crippen LogP contribution is -2.44. The van der Waals surface area contributed by atoms with Crippen molar-refractivity contribution in [3.8, 4) is 0 Å². The summed E-state index contributed by atoms with van der Waals surface area (Å²) < 4.78 is 4.89. The maximum atomic E-state index is 12.2. The van der Waals surface area contributed by atoms with E-state index < -0.39 is 0 Å². The van der Waals surface area contributed by atoms with E-state index in [4.69, 9.17) is 4.74 Å². The Morgan fingerprint density at radius 3 is 2.73 bits per heavy atom. The van der Waals surface area contributed by atoms with Crippen LogP contribution in [0.4, 0.5) is 5.69 Å². The second-order valence-electron chi connectivity index (χ2n) is 5.79. The van der Waals surface area contributed by atoms with Crippen LogP contribution < -0.4 is 15.5 Å². The summed E-state index contributed by atoms with van der Waals surface area (Å²) in [5.74, 6) is 0.546. The van der Waals surface area contributed by atoms with Crippen LogP contribution in [0.3, 0.4) is 0 Å². The molecule has 7 nitrogen and oxygen atoms in total. The van der Waals surface area contributed by atoms with Crippen molar-refractivity contribution in [1.29, 1.82) is 0 Å². The third-order valence-electron chi connectivity index (χ3n) is 3.91. The zero-order chi connectivity index (χ0) is 18.1. The molecule has 1 fully saturated rings. The lowest BCUT2D eigenvalue weighted by Gasteiger charge is -2.19. The molecule has 8 heteroatoms. The first-order valence-electron chi connectivity index (χ1n) is 8.62. The average Bonchev–Trinajstić information content (AvgIpc) is 2.99. The van der Waals surface area contributed by atoms with Gasteiger partial charge in [-0.25, -0.2) is 0 Å². The van der Waals surface area contributed by atoms with E-state index in [1.54, 1.807) is 18.9 Å². The number of rotatable bonds is 7. The second-order valence-corrected chi connectivity index (χ2v) is 5.79. The molecule has 0 radical (unpaired) electrons. The van der Waals surface area contributed by atoms with Gasteiger partial charge in [-0.1, -0.05) is 18.2 Å². The van der Waals surface area contributed by atoms with E-state index in [0.717, 1.165) is 5.69 Å². The minimum Gasteiger partial charge on any atom is -0.466 e. The van der Waals surface area contributed by atoms with Crippen molar-refractivity contribution < 1.29 is 14.3 Å². The third-order valence-corrected chi connectivity index (χ3v) is 3.91. The first-order valence-corrected chi connectivity index (χ1v) is 8.62. The maximum Gasteiger partial charge on any atom is 0.305 e. The predicted octanol–water partition coefficient (Wildman–Crippen LogP) is 1.92. The van der Waals surface area contributed by atoms with Crippen LogP contribution >= 0.6 is 24.0 Å². The van der Waals surface area contributed by atoms with E-state index in [1.807, 2.05) is 30.3 Å². The van der Waals surface area contributed by atoms with Gasteiger partial charge in [0.15, 0.2) is 5.96 Å². The van der Waals surface area contributed by atoms with Crippen molar-refractivity contribution in [2.24, 2.45) is 4.99 Å². The molecule has 1 unspecified atom stereocenters. The monoisotopic (exact) mass is 474 g/mol. The van der Waals surface area contributed by atoms with Crippen molar-refractivity contribution in [3.05, 3.63) is 30.3 Å². The van der Waals surface area contributed by atoms with E-state index in [2.05, 4.69) is 15.6 Å². The van der Waals surface area contributed by atoms with Gasteiger partial charge in [0.25, 0.3) is 0 Å². The number of esters is 1. The number of hydrogen-bond donors (Lipinski definition) is 2. The summed E-state index contributed by atoms with van der Waals surface area (Å²) >= 11 is 0. The number of nitrogens with zero attached hydrogens (tertiary/aromatic N) is 2. The van der Waals surface area contributed by atoms with E-state index in [9.17, 15) is 9.59 Å². The number of carbonyl (C=O) groups is 2. The van der Waals surface area contributed by atoms with E-state index in [0.29, 0.717) is 44.9 Å². The number of hydrogen-bond acceptors (Lipinski definition) is 4. The smallest absolute Gasteiger partial charge is 0.305 e. The Balaban J connectivity index is 0.00000338. The van der Waals surface area contributed by atoms with Gasteiger partial charge in [-0.15, -0.1) is 24.0 Å². The Bertz CT molecular complexity index is 610. The normalized spacial score (nSPS) is 16.8. The van der Waals surface area contributed by atoms with Crippen molar-refractivity contribution in [2.75, 3.05) is 31.6 Å². The molecule has 1 saturated heterocycles. The molecular formula is C18H27IN4O3. The minimum absolute atomic E-state index is 0. The second kappa shape index (κ2) is 11.7. The van der Waals surface area contributed by atoms with Crippen molar-refractivity contribution in [1.82, 2.24) is 10.6 Å².